The molecular formula is C30H35BrClN3O5S. The predicted octanol–water partition coefficient (Wildman–Crippen LogP) is 5.95. The molecule has 2 amide bonds. The van der Waals surface area contributed by atoms with Crippen molar-refractivity contribution in [3.8, 4) is 5.75 Å². The summed E-state index contributed by atoms with van der Waals surface area (Å²) < 4.78 is 34.8. The second-order valence-electron chi connectivity index (χ2n) is 9.79. The number of halogens is 2. The Morgan fingerprint density at radius 3 is 2.22 bits per heavy atom. The van der Waals surface area contributed by atoms with Gasteiger partial charge in [-0.3, -0.25) is 13.9 Å². The number of nitrogens with zero attached hydrogens (tertiary/aromatic N) is 2. The van der Waals surface area contributed by atoms with Crippen LogP contribution < -0.4 is 14.4 Å². The molecule has 0 heterocycles. The Balaban J connectivity index is 2.04. The number of aryl methyl sites for hydroxylation is 1. The Hall–Kier alpha value is -3.08. The summed E-state index contributed by atoms with van der Waals surface area (Å²) in [5, 5.41) is 3.46. The van der Waals surface area contributed by atoms with Crippen LogP contribution in [0, 0.1) is 6.92 Å². The molecular weight excluding hydrogens is 630 g/mol. The topological polar surface area (TPSA) is 96.0 Å². The third-order valence-electron chi connectivity index (χ3n) is 6.75. The number of methoxy groups -OCH3 is 1. The van der Waals surface area contributed by atoms with Crippen LogP contribution in [0.2, 0.25) is 5.02 Å². The lowest BCUT2D eigenvalue weighted by atomic mass is 10.1. The maximum atomic E-state index is 14.0. The van der Waals surface area contributed by atoms with E-state index in [0.717, 1.165) is 21.9 Å². The molecule has 0 aliphatic rings. The minimum atomic E-state index is -4.21. The summed E-state index contributed by atoms with van der Waals surface area (Å²) in [5.41, 5.74) is 2.00. The fourth-order valence-corrected chi connectivity index (χ4v) is 6.27. The number of amides is 2. The monoisotopic (exact) mass is 663 g/mol. The van der Waals surface area contributed by atoms with Crippen molar-refractivity contribution in [2.45, 2.75) is 57.6 Å². The van der Waals surface area contributed by atoms with E-state index in [-0.39, 0.29) is 23.4 Å². The first-order valence-corrected chi connectivity index (χ1v) is 15.8. The minimum absolute atomic E-state index is 0.0228. The quantitative estimate of drug-likeness (QED) is 0.258. The van der Waals surface area contributed by atoms with Crippen LogP contribution in [-0.4, -0.2) is 50.9 Å². The van der Waals surface area contributed by atoms with Crippen LogP contribution in [0.1, 0.15) is 38.3 Å². The van der Waals surface area contributed by atoms with Gasteiger partial charge in [0.1, 0.15) is 18.3 Å². The van der Waals surface area contributed by atoms with Gasteiger partial charge in [-0.15, -0.1) is 0 Å². The predicted molar refractivity (Wildman–Crippen MR) is 166 cm³/mol. The highest BCUT2D eigenvalue weighted by molar-refractivity contribution is 9.10. The van der Waals surface area contributed by atoms with Crippen LogP contribution in [0.4, 0.5) is 5.69 Å². The number of nitrogens with one attached hydrogen (secondary N) is 1. The SMILES string of the molecule is CC[C@H](C)NC(=O)[C@H](C)N(Cc1ccc(Cl)cc1)C(=O)CN(c1ccc(C)cc1)S(=O)(=O)c1ccc(OC)c(Br)c1. The van der Waals surface area contributed by atoms with Gasteiger partial charge < -0.3 is 15.0 Å². The summed E-state index contributed by atoms with van der Waals surface area (Å²) >= 11 is 9.41. The second kappa shape index (κ2) is 14.2. The van der Waals surface area contributed by atoms with Crippen LogP contribution in [-0.2, 0) is 26.2 Å². The van der Waals surface area contributed by atoms with Crippen LogP contribution >= 0.6 is 27.5 Å². The number of carbonyl (C=O) groups is 2. The maximum absolute atomic E-state index is 14.0. The third kappa shape index (κ3) is 8.24. The van der Waals surface area contributed by atoms with E-state index in [2.05, 4.69) is 21.2 Å². The van der Waals surface area contributed by atoms with Crippen molar-refractivity contribution >= 4 is 55.1 Å². The van der Waals surface area contributed by atoms with E-state index in [1.165, 1.54) is 24.1 Å². The van der Waals surface area contributed by atoms with E-state index in [0.29, 0.717) is 20.9 Å². The lowest BCUT2D eigenvalue weighted by molar-refractivity contribution is -0.139. The molecule has 0 fully saturated rings. The minimum Gasteiger partial charge on any atom is -0.496 e. The molecule has 8 nitrogen and oxygen atoms in total. The Kier molecular flexibility index (Phi) is 11.2. The van der Waals surface area contributed by atoms with Crippen molar-refractivity contribution in [2.24, 2.45) is 0 Å². The molecule has 0 spiro atoms. The van der Waals surface area contributed by atoms with Gasteiger partial charge in [0.15, 0.2) is 0 Å². The first kappa shape index (κ1) is 32.4. The number of hydrogen-bond donors (Lipinski definition) is 1. The highest BCUT2D eigenvalue weighted by Gasteiger charge is 2.33. The van der Waals surface area contributed by atoms with Crippen molar-refractivity contribution in [3.63, 3.8) is 0 Å². The van der Waals surface area contributed by atoms with Gasteiger partial charge in [0.2, 0.25) is 11.8 Å². The van der Waals surface area contributed by atoms with Crippen molar-refractivity contribution in [3.05, 3.63) is 87.4 Å². The van der Waals surface area contributed by atoms with Gasteiger partial charge in [-0.2, -0.15) is 0 Å². The van der Waals surface area contributed by atoms with Gasteiger partial charge in [0.25, 0.3) is 10.0 Å². The Bertz CT molecular complexity index is 1470. The summed E-state index contributed by atoms with van der Waals surface area (Å²) in [6.45, 7) is 6.92. The highest BCUT2D eigenvalue weighted by Crippen LogP contribution is 2.31. The largest absolute Gasteiger partial charge is 0.496 e. The standard InChI is InChI=1S/C30H35BrClN3O5S/c1-6-21(3)33-30(37)22(4)34(18-23-9-11-24(32)12-10-23)29(36)19-35(25-13-7-20(2)8-14-25)41(38,39)26-15-16-28(40-5)27(31)17-26/h7-17,21-22H,6,18-19H2,1-5H3,(H,33,37)/t21-,22-/m0/s1. The molecule has 1 N–H and O–H groups in total. The summed E-state index contributed by atoms with van der Waals surface area (Å²) in [4.78, 5) is 28.5. The Labute approximate surface area is 255 Å². The molecule has 0 saturated heterocycles. The molecule has 41 heavy (non-hydrogen) atoms. The molecule has 3 rings (SSSR count). The molecule has 0 bridgehead atoms. The smallest absolute Gasteiger partial charge is 0.264 e. The zero-order valence-electron chi connectivity index (χ0n) is 23.7. The van der Waals surface area contributed by atoms with Crippen LogP contribution in [0.3, 0.4) is 0 Å². The lowest BCUT2D eigenvalue weighted by Gasteiger charge is -2.32. The van der Waals surface area contributed by atoms with E-state index in [4.69, 9.17) is 16.3 Å². The number of ether oxygens (including phenoxy) is 1. The molecule has 0 aromatic heterocycles. The fourth-order valence-electron chi connectivity index (χ4n) is 4.01. The van der Waals surface area contributed by atoms with Crippen molar-refractivity contribution < 1.29 is 22.7 Å². The highest BCUT2D eigenvalue weighted by atomic mass is 79.9. The van der Waals surface area contributed by atoms with Gasteiger partial charge >= 0.3 is 0 Å². The van der Waals surface area contributed by atoms with Gasteiger partial charge in [-0.05, 0) is 91.1 Å². The summed E-state index contributed by atoms with van der Waals surface area (Å²) in [6, 6.07) is 17.3. The molecule has 0 saturated carbocycles. The first-order chi connectivity index (χ1) is 19.4. The Morgan fingerprint density at radius 1 is 1.02 bits per heavy atom. The van der Waals surface area contributed by atoms with E-state index >= 15 is 0 Å². The van der Waals surface area contributed by atoms with Gasteiger partial charge in [0, 0.05) is 17.6 Å². The van der Waals surface area contributed by atoms with E-state index in [1.54, 1.807) is 61.5 Å². The number of sulfonamides is 1. The number of benzene rings is 3. The lowest BCUT2D eigenvalue weighted by Crippen LogP contribution is -2.52. The third-order valence-corrected chi connectivity index (χ3v) is 9.39. The fraction of sp³-hybridized carbons (Fsp3) is 0.333. The number of hydrogen-bond acceptors (Lipinski definition) is 5. The average Bonchev–Trinajstić information content (AvgIpc) is 2.95. The number of anilines is 1. The van der Waals surface area contributed by atoms with Gasteiger partial charge in [-0.1, -0.05) is 48.4 Å². The number of rotatable bonds is 12. The van der Waals surface area contributed by atoms with Crippen LogP contribution in [0.25, 0.3) is 0 Å². The molecule has 0 unspecified atom stereocenters. The Morgan fingerprint density at radius 2 is 1.66 bits per heavy atom. The molecule has 11 heteroatoms. The molecule has 3 aromatic carbocycles. The normalized spacial score (nSPS) is 12.8. The second-order valence-corrected chi connectivity index (χ2v) is 12.9. The molecule has 0 radical (unpaired) electrons. The number of carbonyl (C=O) groups excluding carboxylic acids is 2. The summed E-state index contributed by atoms with van der Waals surface area (Å²) in [5.74, 6) is -0.397. The molecule has 2 atom stereocenters. The average molecular weight is 665 g/mol. The van der Waals surface area contributed by atoms with Crippen LogP contribution in [0.15, 0.2) is 76.1 Å². The molecule has 220 valence electrons. The van der Waals surface area contributed by atoms with Crippen molar-refractivity contribution in [1.29, 1.82) is 0 Å². The van der Waals surface area contributed by atoms with Crippen LogP contribution in [0.5, 0.6) is 5.75 Å². The van der Waals surface area contributed by atoms with Crippen molar-refractivity contribution in [2.75, 3.05) is 18.0 Å². The van der Waals surface area contributed by atoms with Gasteiger partial charge in [-0.25, -0.2) is 8.42 Å². The van der Waals surface area contributed by atoms with E-state index in [9.17, 15) is 18.0 Å². The van der Waals surface area contributed by atoms with Gasteiger partial charge in [0.05, 0.1) is 22.2 Å². The maximum Gasteiger partial charge on any atom is 0.264 e. The zero-order chi connectivity index (χ0) is 30.3. The molecule has 0 aliphatic heterocycles. The first-order valence-electron chi connectivity index (χ1n) is 13.1. The summed E-state index contributed by atoms with van der Waals surface area (Å²) in [7, 11) is -2.72. The van der Waals surface area contributed by atoms with E-state index in [1.807, 2.05) is 20.8 Å². The molecule has 3 aromatic rings. The molecule has 0 aliphatic carbocycles. The van der Waals surface area contributed by atoms with E-state index < -0.39 is 28.5 Å². The zero-order valence-corrected chi connectivity index (χ0v) is 26.9. The summed E-state index contributed by atoms with van der Waals surface area (Å²) in [6.07, 6.45) is 0.723. The van der Waals surface area contributed by atoms with Crippen molar-refractivity contribution in [1.82, 2.24) is 10.2 Å².